The van der Waals surface area contributed by atoms with Crippen LogP contribution >= 0.6 is 12.4 Å². The molecule has 0 saturated heterocycles. The fourth-order valence-electron chi connectivity index (χ4n) is 3.74. The number of fused-ring (bicyclic) bond motifs is 1. The van der Waals surface area contributed by atoms with Crippen molar-refractivity contribution in [3.8, 4) is 11.5 Å². The van der Waals surface area contributed by atoms with E-state index in [0.717, 1.165) is 36.3 Å². The highest BCUT2D eigenvalue weighted by Gasteiger charge is 2.26. The molecule has 0 spiro atoms. The van der Waals surface area contributed by atoms with E-state index >= 15 is 0 Å². The Balaban J connectivity index is 0.00000225. The van der Waals surface area contributed by atoms with Gasteiger partial charge in [-0.1, -0.05) is 12.8 Å². The van der Waals surface area contributed by atoms with Gasteiger partial charge in [0.1, 0.15) is 17.6 Å². The zero-order valence-corrected chi connectivity index (χ0v) is 15.9. The van der Waals surface area contributed by atoms with Gasteiger partial charge in [0, 0.05) is 30.5 Å². The van der Waals surface area contributed by atoms with Crippen molar-refractivity contribution in [1.82, 2.24) is 0 Å². The van der Waals surface area contributed by atoms with E-state index in [4.69, 9.17) is 15.2 Å². The minimum absolute atomic E-state index is 0. The lowest BCUT2D eigenvalue weighted by Crippen LogP contribution is -2.35. The van der Waals surface area contributed by atoms with Crippen LogP contribution in [0.25, 0.3) is 0 Å². The monoisotopic (exact) mass is 368 g/mol. The van der Waals surface area contributed by atoms with Crippen LogP contribution in [-0.2, 0) is 11.2 Å². The van der Waals surface area contributed by atoms with E-state index < -0.39 is 0 Å². The highest BCUT2D eigenvalue weighted by Crippen LogP contribution is 2.38. The van der Waals surface area contributed by atoms with Crippen molar-refractivity contribution < 1.29 is 14.3 Å². The molecule has 1 heterocycles. The van der Waals surface area contributed by atoms with Gasteiger partial charge in [-0.3, -0.25) is 4.79 Å². The molecule has 25 heavy (non-hydrogen) atoms. The number of benzene rings is 1. The molecule has 140 valence electrons. The fraction of sp³-hybridized carbons (Fsp3) is 0.632. The number of carbonyl (C=O) groups excluding carboxylic acids is 1. The number of halogens is 1. The van der Waals surface area contributed by atoms with Crippen LogP contribution in [0.1, 0.15) is 51.5 Å². The second-order valence-electron chi connectivity index (χ2n) is 6.98. The minimum atomic E-state index is 0. The van der Waals surface area contributed by atoms with E-state index in [1.807, 2.05) is 26.0 Å². The SMILES string of the molecule is CCOc1cc2c(cc1NC(=O)CC1CCCCC1N)OC(C)C2.Cl. The van der Waals surface area contributed by atoms with Crippen molar-refractivity contribution in [2.24, 2.45) is 11.7 Å². The van der Waals surface area contributed by atoms with Crippen LogP contribution in [0.4, 0.5) is 5.69 Å². The van der Waals surface area contributed by atoms with Crippen LogP contribution in [0.5, 0.6) is 11.5 Å². The van der Waals surface area contributed by atoms with Gasteiger partial charge in [0.05, 0.1) is 12.3 Å². The summed E-state index contributed by atoms with van der Waals surface area (Å²) in [5, 5.41) is 3.01. The van der Waals surface area contributed by atoms with Crippen LogP contribution < -0.4 is 20.5 Å². The molecule has 3 unspecified atom stereocenters. The molecule has 2 aliphatic rings. The second kappa shape index (κ2) is 8.77. The fourth-order valence-corrected chi connectivity index (χ4v) is 3.74. The van der Waals surface area contributed by atoms with E-state index in [0.29, 0.717) is 18.7 Å². The van der Waals surface area contributed by atoms with Crippen molar-refractivity contribution in [2.75, 3.05) is 11.9 Å². The number of nitrogens with one attached hydrogen (secondary N) is 1. The quantitative estimate of drug-likeness (QED) is 0.831. The van der Waals surface area contributed by atoms with Crippen molar-refractivity contribution in [1.29, 1.82) is 0 Å². The third-order valence-corrected chi connectivity index (χ3v) is 4.99. The molecular weight excluding hydrogens is 340 g/mol. The maximum absolute atomic E-state index is 12.5. The number of hydrogen-bond acceptors (Lipinski definition) is 4. The molecule has 1 fully saturated rings. The minimum Gasteiger partial charge on any atom is -0.492 e. The van der Waals surface area contributed by atoms with Crippen LogP contribution in [0.3, 0.4) is 0 Å². The van der Waals surface area contributed by atoms with E-state index in [2.05, 4.69) is 5.32 Å². The van der Waals surface area contributed by atoms with Crippen LogP contribution in [0, 0.1) is 5.92 Å². The van der Waals surface area contributed by atoms with Crippen LogP contribution in [0.2, 0.25) is 0 Å². The van der Waals surface area contributed by atoms with Crippen LogP contribution in [0.15, 0.2) is 12.1 Å². The number of rotatable bonds is 5. The molecule has 6 heteroatoms. The van der Waals surface area contributed by atoms with E-state index in [1.54, 1.807) is 0 Å². The summed E-state index contributed by atoms with van der Waals surface area (Å²) in [6, 6.07) is 4.02. The molecule has 0 radical (unpaired) electrons. The molecule has 3 atom stereocenters. The molecule has 1 aromatic carbocycles. The van der Waals surface area contributed by atoms with E-state index in [9.17, 15) is 4.79 Å². The Hall–Kier alpha value is -1.46. The Labute approximate surface area is 156 Å². The Morgan fingerprint density at radius 2 is 2.12 bits per heavy atom. The number of nitrogens with two attached hydrogens (primary N) is 1. The van der Waals surface area contributed by atoms with Crippen molar-refractivity contribution in [3.05, 3.63) is 17.7 Å². The number of amides is 1. The lowest BCUT2D eigenvalue weighted by atomic mass is 9.83. The predicted molar refractivity (Wildman–Crippen MR) is 102 cm³/mol. The summed E-state index contributed by atoms with van der Waals surface area (Å²) in [5.74, 6) is 1.84. The molecule has 3 rings (SSSR count). The van der Waals surface area contributed by atoms with Gasteiger partial charge in [0.15, 0.2) is 0 Å². The number of carbonyl (C=O) groups is 1. The van der Waals surface area contributed by atoms with Gasteiger partial charge in [-0.05, 0) is 38.7 Å². The Kier molecular flexibility index (Phi) is 6.96. The zero-order chi connectivity index (χ0) is 17.1. The first kappa shape index (κ1) is 19.9. The van der Waals surface area contributed by atoms with Crippen LogP contribution in [-0.4, -0.2) is 24.7 Å². The van der Waals surface area contributed by atoms with Gasteiger partial charge in [-0.2, -0.15) is 0 Å². The number of anilines is 1. The Bertz CT molecular complexity index is 609. The zero-order valence-electron chi connectivity index (χ0n) is 15.0. The molecular formula is C19H29ClN2O3. The molecule has 0 aromatic heterocycles. The molecule has 1 amide bonds. The molecule has 1 aromatic rings. The molecule has 1 aliphatic heterocycles. The molecule has 1 aliphatic carbocycles. The topological polar surface area (TPSA) is 73.6 Å². The maximum atomic E-state index is 12.5. The summed E-state index contributed by atoms with van der Waals surface area (Å²) in [5.41, 5.74) is 7.99. The largest absolute Gasteiger partial charge is 0.492 e. The lowest BCUT2D eigenvalue weighted by Gasteiger charge is -2.28. The van der Waals surface area contributed by atoms with Gasteiger partial charge in [0.2, 0.25) is 5.91 Å². The predicted octanol–water partition coefficient (Wildman–Crippen LogP) is 3.68. The highest BCUT2D eigenvalue weighted by molar-refractivity contribution is 5.93. The average molecular weight is 369 g/mol. The summed E-state index contributed by atoms with van der Waals surface area (Å²) in [6.07, 6.45) is 5.92. The first-order valence-corrected chi connectivity index (χ1v) is 9.08. The normalized spacial score (nSPS) is 24.7. The molecule has 1 saturated carbocycles. The van der Waals surface area contributed by atoms with Gasteiger partial charge < -0.3 is 20.5 Å². The Morgan fingerprint density at radius 1 is 1.36 bits per heavy atom. The third-order valence-electron chi connectivity index (χ3n) is 4.99. The maximum Gasteiger partial charge on any atom is 0.224 e. The lowest BCUT2D eigenvalue weighted by molar-refractivity contribution is -0.117. The summed E-state index contributed by atoms with van der Waals surface area (Å²) in [4.78, 5) is 12.5. The first-order chi connectivity index (χ1) is 11.6. The average Bonchev–Trinajstić information content (AvgIpc) is 2.89. The third kappa shape index (κ3) is 4.79. The smallest absolute Gasteiger partial charge is 0.224 e. The molecule has 3 N–H and O–H groups in total. The van der Waals surface area contributed by atoms with Gasteiger partial charge in [-0.15, -0.1) is 12.4 Å². The summed E-state index contributed by atoms with van der Waals surface area (Å²) >= 11 is 0. The molecule has 0 bridgehead atoms. The van der Waals surface area contributed by atoms with Gasteiger partial charge >= 0.3 is 0 Å². The summed E-state index contributed by atoms with van der Waals surface area (Å²) < 4.78 is 11.5. The Morgan fingerprint density at radius 3 is 2.84 bits per heavy atom. The van der Waals surface area contributed by atoms with E-state index in [1.165, 1.54) is 12.8 Å². The van der Waals surface area contributed by atoms with Crippen molar-refractivity contribution in [2.45, 2.75) is 64.5 Å². The summed E-state index contributed by atoms with van der Waals surface area (Å²) in [7, 11) is 0. The number of ether oxygens (including phenoxy) is 2. The van der Waals surface area contributed by atoms with Crippen molar-refractivity contribution >= 4 is 24.0 Å². The standard InChI is InChI=1S/C19H28N2O3.ClH/c1-3-23-18-9-14-8-12(2)24-17(14)11-16(18)21-19(22)10-13-6-4-5-7-15(13)20;/h9,11-13,15H,3-8,10,20H2,1-2H3,(H,21,22);1H. The number of hydrogen-bond donors (Lipinski definition) is 2. The van der Waals surface area contributed by atoms with E-state index in [-0.39, 0.29) is 36.4 Å². The first-order valence-electron chi connectivity index (χ1n) is 9.08. The van der Waals surface area contributed by atoms with Crippen molar-refractivity contribution in [3.63, 3.8) is 0 Å². The summed E-state index contributed by atoms with van der Waals surface area (Å²) in [6.45, 7) is 4.55. The van der Waals surface area contributed by atoms with Gasteiger partial charge in [0.25, 0.3) is 0 Å². The van der Waals surface area contributed by atoms with Gasteiger partial charge in [-0.25, -0.2) is 0 Å². The highest BCUT2D eigenvalue weighted by atomic mass is 35.5. The second-order valence-corrected chi connectivity index (χ2v) is 6.98. The molecule has 5 nitrogen and oxygen atoms in total.